The lowest BCUT2D eigenvalue weighted by molar-refractivity contribution is 0.829. The van der Waals surface area contributed by atoms with Crippen LogP contribution in [-0.4, -0.2) is 14.8 Å². The van der Waals surface area contributed by atoms with Gasteiger partial charge in [0.05, 0.1) is 0 Å². The maximum absolute atomic E-state index is 5.95. The highest BCUT2D eigenvalue weighted by molar-refractivity contribution is 7.98. The Labute approximate surface area is 144 Å². The van der Waals surface area contributed by atoms with Gasteiger partial charge < -0.3 is 0 Å². The fourth-order valence-electron chi connectivity index (χ4n) is 2.53. The number of hydrogen-bond donors (Lipinski definition) is 0. The van der Waals surface area contributed by atoms with Crippen LogP contribution in [0.4, 0.5) is 0 Å². The highest BCUT2D eigenvalue weighted by atomic mass is 35.5. The van der Waals surface area contributed by atoms with E-state index < -0.39 is 0 Å². The predicted octanol–water partition coefficient (Wildman–Crippen LogP) is 5.09. The fourth-order valence-corrected chi connectivity index (χ4v) is 3.57. The van der Waals surface area contributed by atoms with Gasteiger partial charge in [0.1, 0.15) is 5.82 Å². The van der Waals surface area contributed by atoms with Gasteiger partial charge in [0, 0.05) is 22.4 Å². The summed E-state index contributed by atoms with van der Waals surface area (Å²) in [7, 11) is 0. The molecule has 1 heterocycles. The number of benzene rings is 2. The third kappa shape index (κ3) is 3.28. The zero-order valence-corrected chi connectivity index (χ0v) is 14.1. The molecule has 1 aliphatic carbocycles. The molecule has 5 heteroatoms. The zero-order valence-electron chi connectivity index (χ0n) is 12.5. The summed E-state index contributed by atoms with van der Waals surface area (Å²) >= 11 is 7.66. The number of hydrogen-bond acceptors (Lipinski definition) is 3. The van der Waals surface area contributed by atoms with Crippen molar-refractivity contribution < 1.29 is 0 Å². The third-order valence-electron chi connectivity index (χ3n) is 3.90. The summed E-state index contributed by atoms with van der Waals surface area (Å²) in [5.41, 5.74) is 2.37. The van der Waals surface area contributed by atoms with Crippen LogP contribution in [0.2, 0.25) is 5.02 Å². The van der Waals surface area contributed by atoms with E-state index in [9.17, 15) is 0 Å². The smallest absolute Gasteiger partial charge is 0.196 e. The Kier molecular flexibility index (Phi) is 4.10. The lowest BCUT2D eigenvalue weighted by atomic mass is 10.2. The number of aromatic nitrogens is 3. The summed E-state index contributed by atoms with van der Waals surface area (Å²) < 4.78 is 2.21. The number of thioether (sulfide) groups is 1. The molecule has 4 rings (SSSR count). The van der Waals surface area contributed by atoms with E-state index in [1.54, 1.807) is 11.8 Å². The zero-order chi connectivity index (χ0) is 15.6. The number of rotatable bonds is 5. The van der Waals surface area contributed by atoms with Crippen LogP contribution in [0.15, 0.2) is 59.8 Å². The molecule has 116 valence electrons. The van der Waals surface area contributed by atoms with Crippen LogP contribution in [0.5, 0.6) is 0 Å². The lowest BCUT2D eigenvalue weighted by Gasteiger charge is -2.09. The van der Waals surface area contributed by atoms with Crippen LogP contribution >= 0.6 is 23.4 Å². The number of nitrogens with zero attached hydrogens (tertiary/aromatic N) is 3. The standard InChI is InChI=1S/C18H16ClN3S/c19-15-10-6-13(7-11-15)12-23-18-21-20-17(14-8-9-14)22(18)16-4-2-1-3-5-16/h1-7,10-11,14H,8-9,12H2. The molecule has 0 atom stereocenters. The molecule has 1 fully saturated rings. The average Bonchev–Trinajstić information content (AvgIpc) is 3.35. The van der Waals surface area contributed by atoms with Crippen molar-refractivity contribution in [1.29, 1.82) is 0 Å². The van der Waals surface area contributed by atoms with E-state index in [0.29, 0.717) is 5.92 Å². The maximum atomic E-state index is 5.95. The summed E-state index contributed by atoms with van der Waals surface area (Å²) in [6.45, 7) is 0. The number of para-hydroxylation sites is 1. The van der Waals surface area contributed by atoms with Gasteiger partial charge in [-0.2, -0.15) is 0 Å². The molecular weight excluding hydrogens is 326 g/mol. The van der Waals surface area contributed by atoms with E-state index in [1.807, 2.05) is 18.2 Å². The van der Waals surface area contributed by atoms with Crippen molar-refractivity contribution in [2.24, 2.45) is 0 Å². The second-order valence-corrected chi connectivity index (χ2v) is 7.08. The molecular formula is C18H16ClN3S. The highest BCUT2D eigenvalue weighted by Crippen LogP contribution is 2.41. The van der Waals surface area contributed by atoms with Gasteiger partial charge in [-0.25, -0.2) is 0 Å². The molecule has 23 heavy (non-hydrogen) atoms. The van der Waals surface area contributed by atoms with Crippen molar-refractivity contribution in [2.75, 3.05) is 0 Å². The molecule has 0 saturated heterocycles. The van der Waals surface area contributed by atoms with E-state index >= 15 is 0 Å². The van der Waals surface area contributed by atoms with Crippen molar-refractivity contribution in [2.45, 2.75) is 29.7 Å². The Balaban J connectivity index is 1.62. The first-order valence-corrected chi connectivity index (χ1v) is 9.05. The Morgan fingerprint density at radius 1 is 1.00 bits per heavy atom. The average molecular weight is 342 g/mol. The van der Waals surface area contributed by atoms with Gasteiger partial charge in [0.2, 0.25) is 0 Å². The quantitative estimate of drug-likeness (QED) is 0.605. The van der Waals surface area contributed by atoms with Gasteiger partial charge >= 0.3 is 0 Å². The van der Waals surface area contributed by atoms with Crippen molar-refractivity contribution in [3.05, 3.63) is 71.0 Å². The fraction of sp³-hybridized carbons (Fsp3) is 0.222. The summed E-state index contributed by atoms with van der Waals surface area (Å²) in [6, 6.07) is 18.3. The largest absolute Gasteiger partial charge is 0.274 e. The monoisotopic (exact) mass is 341 g/mol. The summed E-state index contributed by atoms with van der Waals surface area (Å²) in [5, 5.41) is 10.6. The lowest BCUT2D eigenvalue weighted by Crippen LogP contribution is -2.01. The van der Waals surface area contributed by atoms with Crippen LogP contribution in [0, 0.1) is 0 Å². The first-order valence-electron chi connectivity index (χ1n) is 7.69. The molecule has 0 radical (unpaired) electrons. The van der Waals surface area contributed by atoms with E-state index in [-0.39, 0.29) is 0 Å². The second-order valence-electron chi connectivity index (χ2n) is 5.70. The first-order chi connectivity index (χ1) is 11.3. The normalized spacial score (nSPS) is 14.1. The molecule has 1 aliphatic rings. The first kappa shape index (κ1) is 14.8. The van der Waals surface area contributed by atoms with Gasteiger partial charge in [-0.3, -0.25) is 4.57 Å². The van der Waals surface area contributed by atoms with Crippen molar-refractivity contribution >= 4 is 23.4 Å². The maximum Gasteiger partial charge on any atom is 0.196 e. The molecule has 3 aromatic rings. The predicted molar refractivity (Wildman–Crippen MR) is 94.3 cm³/mol. The minimum Gasteiger partial charge on any atom is -0.274 e. The minimum atomic E-state index is 0.563. The molecule has 0 N–H and O–H groups in total. The van der Waals surface area contributed by atoms with Crippen LogP contribution < -0.4 is 0 Å². The Morgan fingerprint density at radius 2 is 1.74 bits per heavy atom. The van der Waals surface area contributed by atoms with Gasteiger partial charge in [0.25, 0.3) is 0 Å². The summed E-state index contributed by atoms with van der Waals surface area (Å²) in [4.78, 5) is 0. The van der Waals surface area contributed by atoms with Crippen molar-refractivity contribution in [1.82, 2.24) is 14.8 Å². The van der Waals surface area contributed by atoms with Gasteiger partial charge in [-0.15, -0.1) is 10.2 Å². The summed E-state index contributed by atoms with van der Waals surface area (Å²) in [6.07, 6.45) is 2.43. The molecule has 0 unspecified atom stereocenters. The third-order valence-corrected chi connectivity index (χ3v) is 5.15. The molecule has 0 bridgehead atoms. The Morgan fingerprint density at radius 3 is 2.43 bits per heavy atom. The molecule has 3 nitrogen and oxygen atoms in total. The van der Waals surface area contributed by atoms with Gasteiger partial charge in [-0.05, 0) is 42.7 Å². The topological polar surface area (TPSA) is 30.7 Å². The van der Waals surface area contributed by atoms with Crippen LogP contribution in [0.3, 0.4) is 0 Å². The molecule has 0 aliphatic heterocycles. The van der Waals surface area contributed by atoms with Crippen LogP contribution in [-0.2, 0) is 5.75 Å². The molecule has 0 spiro atoms. The van der Waals surface area contributed by atoms with Crippen molar-refractivity contribution in [3.63, 3.8) is 0 Å². The van der Waals surface area contributed by atoms with Crippen LogP contribution in [0.25, 0.3) is 5.69 Å². The second kappa shape index (κ2) is 6.38. The Bertz CT molecular complexity index is 795. The molecule has 1 aromatic heterocycles. The van der Waals surface area contributed by atoms with E-state index in [4.69, 9.17) is 11.6 Å². The highest BCUT2D eigenvalue weighted by Gasteiger charge is 2.30. The van der Waals surface area contributed by atoms with E-state index in [0.717, 1.165) is 27.4 Å². The molecule has 2 aromatic carbocycles. The Hall–Kier alpha value is -1.78. The van der Waals surface area contributed by atoms with E-state index in [2.05, 4.69) is 51.2 Å². The number of halogens is 1. The molecule has 0 amide bonds. The van der Waals surface area contributed by atoms with Crippen molar-refractivity contribution in [3.8, 4) is 5.69 Å². The van der Waals surface area contributed by atoms with Gasteiger partial charge in [-0.1, -0.05) is 53.7 Å². The molecule has 1 saturated carbocycles. The summed E-state index contributed by atoms with van der Waals surface area (Å²) in [5.74, 6) is 2.51. The van der Waals surface area contributed by atoms with Gasteiger partial charge in [0.15, 0.2) is 5.16 Å². The minimum absolute atomic E-state index is 0.563. The van der Waals surface area contributed by atoms with Crippen LogP contribution in [0.1, 0.15) is 30.1 Å². The van der Waals surface area contributed by atoms with E-state index in [1.165, 1.54) is 18.4 Å². The SMILES string of the molecule is Clc1ccc(CSc2nnc(C3CC3)n2-c2ccccc2)cc1.